The molecule has 0 unspecified atom stereocenters. The molecule has 6 nitrogen and oxygen atoms in total. The first-order valence-corrected chi connectivity index (χ1v) is 5.09. The Morgan fingerprint density at radius 2 is 1.56 bits per heavy atom. The van der Waals surface area contributed by atoms with Crippen LogP contribution in [0.15, 0.2) is 5.11 Å². The van der Waals surface area contributed by atoms with E-state index in [1.54, 1.807) is 0 Å². The van der Waals surface area contributed by atoms with Crippen molar-refractivity contribution >= 4 is 0 Å². The molecule has 0 saturated heterocycles. The maximum Gasteiger partial charge on any atom is 0.0701 e. The van der Waals surface area contributed by atoms with Gasteiger partial charge in [-0.05, 0) is 5.53 Å². The fraction of sp³-hybridized carbons (Fsp3) is 0.800. The van der Waals surface area contributed by atoms with Gasteiger partial charge < -0.3 is 14.2 Å². The van der Waals surface area contributed by atoms with Crippen LogP contribution in [-0.2, 0) is 14.2 Å². The summed E-state index contributed by atoms with van der Waals surface area (Å²) in [5, 5.41) is 3.33. The lowest BCUT2D eigenvalue weighted by molar-refractivity contribution is 0.0171. The number of nitrogens with zero attached hydrogens (tertiary/aromatic N) is 3. The first kappa shape index (κ1) is 14.8. The van der Waals surface area contributed by atoms with Crippen LogP contribution in [0.1, 0.15) is 6.42 Å². The van der Waals surface area contributed by atoms with E-state index < -0.39 is 0 Å². The molecule has 0 rings (SSSR count). The van der Waals surface area contributed by atoms with Crippen LogP contribution in [0.3, 0.4) is 0 Å². The molecule has 0 amide bonds. The van der Waals surface area contributed by atoms with Gasteiger partial charge in [-0.1, -0.05) is 5.11 Å². The van der Waals surface area contributed by atoms with Crippen molar-refractivity contribution in [3.8, 4) is 12.3 Å². The third-order valence-corrected chi connectivity index (χ3v) is 1.53. The highest BCUT2D eigenvalue weighted by Gasteiger charge is 1.90. The van der Waals surface area contributed by atoms with E-state index in [9.17, 15) is 0 Å². The van der Waals surface area contributed by atoms with Gasteiger partial charge in [-0.15, -0.1) is 12.3 Å². The maximum absolute atomic E-state index is 7.98. The third-order valence-electron chi connectivity index (χ3n) is 1.53. The second kappa shape index (κ2) is 13.8. The first-order chi connectivity index (χ1) is 7.91. The zero-order valence-corrected chi connectivity index (χ0v) is 9.30. The molecule has 0 saturated carbocycles. The summed E-state index contributed by atoms with van der Waals surface area (Å²) in [5.41, 5.74) is 7.98. The number of terminal acetylenes is 1. The van der Waals surface area contributed by atoms with Crippen molar-refractivity contribution < 1.29 is 14.2 Å². The Hall–Kier alpha value is -1.25. The second-order valence-electron chi connectivity index (χ2n) is 2.75. The van der Waals surface area contributed by atoms with Crippen LogP contribution in [0, 0.1) is 12.3 Å². The second-order valence-corrected chi connectivity index (χ2v) is 2.75. The van der Waals surface area contributed by atoms with E-state index in [2.05, 4.69) is 15.9 Å². The van der Waals surface area contributed by atoms with Crippen LogP contribution in [0.4, 0.5) is 0 Å². The van der Waals surface area contributed by atoms with E-state index in [4.69, 9.17) is 26.2 Å². The standard InChI is InChI=1S/C10H17N3O3/c1-2-3-5-14-7-9-16-10-8-15-6-4-12-13-11/h1H,3-10H2. The average Bonchev–Trinajstić information content (AvgIpc) is 2.31. The average molecular weight is 227 g/mol. The molecule has 0 aromatic heterocycles. The minimum absolute atomic E-state index is 0.353. The van der Waals surface area contributed by atoms with Crippen molar-refractivity contribution in [3.63, 3.8) is 0 Å². The number of ether oxygens (including phenoxy) is 3. The molecule has 16 heavy (non-hydrogen) atoms. The number of azide groups is 1. The lowest BCUT2D eigenvalue weighted by Gasteiger charge is -2.05. The van der Waals surface area contributed by atoms with Gasteiger partial charge in [-0.2, -0.15) is 0 Å². The maximum atomic E-state index is 7.98. The minimum Gasteiger partial charge on any atom is -0.379 e. The summed E-state index contributed by atoms with van der Waals surface area (Å²) in [5.74, 6) is 2.48. The molecule has 0 fully saturated rings. The van der Waals surface area contributed by atoms with Gasteiger partial charge in [0.15, 0.2) is 0 Å². The van der Waals surface area contributed by atoms with Crippen LogP contribution >= 0.6 is 0 Å². The summed E-state index contributed by atoms with van der Waals surface area (Å²) in [4.78, 5) is 2.60. The summed E-state index contributed by atoms with van der Waals surface area (Å²) in [7, 11) is 0. The van der Waals surface area contributed by atoms with Crippen LogP contribution in [-0.4, -0.2) is 46.2 Å². The van der Waals surface area contributed by atoms with Gasteiger partial charge in [0.1, 0.15) is 0 Å². The van der Waals surface area contributed by atoms with Crippen LogP contribution in [0.5, 0.6) is 0 Å². The fourth-order valence-corrected chi connectivity index (χ4v) is 0.823. The molecule has 0 aliphatic rings. The lowest BCUT2D eigenvalue weighted by Crippen LogP contribution is -2.10. The Bertz CT molecular complexity index is 234. The van der Waals surface area contributed by atoms with Gasteiger partial charge in [0.25, 0.3) is 0 Å². The van der Waals surface area contributed by atoms with E-state index in [1.165, 1.54) is 0 Å². The van der Waals surface area contributed by atoms with Crippen molar-refractivity contribution in [2.24, 2.45) is 5.11 Å². The molecule has 0 spiro atoms. The minimum atomic E-state index is 0.353. The van der Waals surface area contributed by atoms with Gasteiger partial charge in [0.2, 0.25) is 0 Å². The predicted octanol–water partition coefficient (Wildman–Crippen LogP) is 1.37. The lowest BCUT2D eigenvalue weighted by atomic mass is 10.5. The Balaban J connectivity index is 2.93. The van der Waals surface area contributed by atoms with Gasteiger partial charge in [-0.3, -0.25) is 0 Å². The zero-order chi connectivity index (χ0) is 11.9. The van der Waals surface area contributed by atoms with Crippen molar-refractivity contribution in [3.05, 3.63) is 10.4 Å². The molecule has 0 aromatic rings. The largest absolute Gasteiger partial charge is 0.379 e. The van der Waals surface area contributed by atoms with Crippen molar-refractivity contribution in [1.29, 1.82) is 0 Å². The highest BCUT2D eigenvalue weighted by atomic mass is 16.5. The number of rotatable bonds is 11. The van der Waals surface area contributed by atoms with Crippen molar-refractivity contribution in [2.45, 2.75) is 6.42 Å². The van der Waals surface area contributed by atoms with Gasteiger partial charge in [0, 0.05) is 17.9 Å². The monoisotopic (exact) mass is 227 g/mol. The van der Waals surface area contributed by atoms with E-state index in [0.717, 1.165) is 0 Å². The summed E-state index contributed by atoms with van der Waals surface area (Å²) in [6.07, 6.45) is 5.68. The highest BCUT2D eigenvalue weighted by molar-refractivity contribution is 4.82. The van der Waals surface area contributed by atoms with Crippen molar-refractivity contribution in [1.82, 2.24) is 0 Å². The van der Waals surface area contributed by atoms with E-state index >= 15 is 0 Å². The smallest absolute Gasteiger partial charge is 0.0701 e. The summed E-state index contributed by atoms with van der Waals surface area (Å²) < 4.78 is 15.5. The Morgan fingerprint density at radius 3 is 2.12 bits per heavy atom. The zero-order valence-electron chi connectivity index (χ0n) is 9.30. The molecule has 0 heterocycles. The summed E-state index contributed by atoms with van der Waals surface area (Å²) >= 11 is 0. The van der Waals surface area contributed by atoms with Crippen LogP contribution < -0.4 is 0 Å². The van der Waals surface area contributed by atoms with Gasteiger partial charge >= 0.3 is 0 Å². The third kappa shape index (κ3) is 12.8. The Labute approximate surface area is 95.5 Å². The molecule has 0 radical (unpaired) electrons. The SMILES string of the molecule is C#CCCOCCOCCOCCN=[N+]=[N-]. The quantitative estimate of drug-likeness (QED) is 0.176. The number of hydrogen-bond acceptors (Lipinski definition) is 4. The topological polar surface area (TPSA) is 76.5 Å². The summed E-state index contributed by atoms with van der Waals surface area (Å²) in [6, 6.07) is 0. The molecule has 0 aromatic carbocycles. The van der Waals surface area contributed by atoms with E-state index in [1.807, 2.05) is 0 Å². The normalized spacial score (nSPS) is 9.44. The van der Waals surface area contributed by atoms with Gasteiger partial charge in [-0.25, -0.2) is 0 Å². The number of hydrogen-bond donors (Lipinski definition) is 0. The molecular weight excluding hydrogens is 210 g/mol. The molecule has 0 N–H and O–H groups in total. The Morgan fingerprint density at radius 1 is 1.00 bits per heavy atom. The van der Waals surface area contributed by atoms with E-state index in [-0.39, 0.29) is 0 Å². The summed E-state index contributed by atoms with van der Waals surface area (Å²) in [6.45, 7) is 3.42. The highest BCUT2D eigenvalue weighted by Crippen LogP contribution is 1.83. The fourth-order valence-electron chi connectivity index (χ4n) is 0.823. The predicted molar refractivity (Wildman–Crippen MR) is 59.9 cm³/mol. The molecule has 0 aliphatic heterocycles. The Kier molecular flexibility index (Phi) is 12.7. The van der Waals surface area contributed by atoms with Gasteiger partial charge in [0.05, 0.1) is 39.6 Å². The molecule has 0 aliphatic carbocycles. The molecule has 0 atom stereocenters. The molecule has 90 valence electrons. The first-order valence-electron chi connectivity index (χ1n) is 5.09. The van der Waals surface area contributed by atoms with E-state index in [0.29, 0.717) is 52.6 Å². The van der Waals surface area contributed by atoms with Crippen LogP contribution in [0.2, 0.25) is 0 Å². The molecule has 6 heteroatoms. The van der Waals surface area contributed by atoms with Crippen LogP contribution in [0.25, 0.3) is 10.4 Å². The van der Waals surface area contributed by atoms with Crippen molar-refractivity contribution in [2.75, 3.05) is 46.2 Å². The molecular formula is C10H17N3O3. The molecule has 0 bridgehead atoms.